The molecule has 0 spiro atoms. The fourth-order valence-electron chi connectivity index (χ4n) is 1.88. The van der Waals surface area contributed by atoms with Gasteiger partial charge < -0.3 is 11.1 Å². The Morgan fingerprint density at radius 2 is 2.15 bits per heavy atom. The maximum absolute atomic E-state index is 5.77. The Balaban J connectivity index is 2.22. The number of nitrogens with two attached hydrogens (primary N) is 1. The number of nitrogens with one attached hydrogen (secondary N) is 1. The summed E-state index contributed by atoms with van der Waals surface area (Å²) in [7, 11) is 0. The molecule has 0 radical (unpaired) electrons. The van der Waals surface area contributed by atoms with Gasteiger partial charge in [-0.05, 0) is 38.1 Å². The molecule has 78 valence electrons. The standard InChI is InChI=1S/C11H24N2/c1-4-5-11(3,8-12)13-7-10-6-9(10)2/h9-10,13H,4-8,12H2,1-3H3. The van der Waals surface area contributed by atoms with Crippen LogP contribution >= 0.6 is 0 Å². The van der Waals surface area contributed by atoms with Crippen LogP contribution < -0.4 is 11.1 Å². The van der Waals surface area contributed by atoms with Crippen LogP contribution in [0.25, 0.3) is 0 Å². The first-order valence-electron chi connectivity index (χ1n) is 5.56. The van der Waals surface area contributed by atoms with E-state index in [0.29, 0.717) is 0 Å². The zero-order valence-corrected chi connectivity index (χ0v) is 9.27. The summed E-state index contributed by atoms with van der Waals surface area (Å²) in [5.74, 6) is 1.86. The van der Waals surface area contributed by atoms with E-state index in [1.807, 2.05) is 0 Å². The average Bonchev–Trinajstić information content (AvgIpc) is 2.80. The van der Waals surface area contributed by atoms with Crippen LogP contribution in [0.1, 0.15) is 40.0 Å². The van der Waals surface area contributed by atoms with Gasteiger partial charge in [0.15, 0.2) is 0 Å². The van der Waals surface area contributed by atoms with Crippen LogP contribution in [-0.4, -0.2) is 18.6 Å². The predicted octanol–water partition coefficient (Wildman–Crippen LogP) is 1.75. The minimum Gasteiger partial charge on any atom is -0.329 e. The molecule has 2 nitrogen and oxygen atoms in total. The van der Waals surface area contributed by atoms with Crippen molar-refractivity contribution in [1.82, 2.24) is 5.32 Å². The summed E-state index contributed by atoms with van der Waals surface area (Å²) < 4.78 is 0. The van der Waals surface area contributed by atoms with Gasteiger partial charge in [0.25, 0.3) is 0 Å². The van der Waals surface area contributed by atoms with Gasteiger partial charge in [-0.3, -0.25) is 0 Å². The fraction of sp³-hybridized carbons (Fsp3) is 1.00. The number of rotatable bonds is 6. The molecule has 1 fully saturated rings. The highest BCUT2D eigenvalue weighted by Crippen LogP contribution is 2.37. The Labute approximate surface area is 82.3 Å². The lowest BCUT2D eigenvalue weighted by Crippen LogP contribution is -2.49. The lowest BCUT2D eigenvalue weighted by molar-refractivity contribution is 0.329. The van der Waals surface area contributed by atoms with Crippen molar-refractivity contribution in [3.05, 3.63) is 0 Å². The van der Waals surface area contributed by atoms with Crippen molar-refractivity contribution < 1.29 is 0 Å². The molecule has 0 aromatic carbocycles. The molecule has 1 aliphatic rings. The van der Waals surface area contributed by atoms with Crippen molar-refractivity contribution in [1.29, 1.82) is 0 Å². The second-order valence-corrected chi connectivity index (χ2v) is 4.87. The van der Waals surface area contributed by atoms with Crippen molar-refractivity contribution in [2.75, 3.05) is 13.1 Å². The highest BCUT2D eigenvalue weighted by molar-refractivity contribution is 4.90. The van der Waals surface area contributed by atoms with E-state index in [0.717, 1.165) is 24.9 Å². The number of hydrogen-bond acceptors (Lipinski definition) is 2. The third kappa shape index (κ3) is 3.28. The molecule has 0 aromatic heterocycles. The first-order chi connectivity index (χ1) is 6.11. The summed E-state index contributed by atoms with van der Waals surface area (Å²) in [4.78, 5) is 0. The minimum absolute atomic E-state index is 0.178. The van der Waals surface area contributed by atoms with Gasteiger partial charge in [0.1, 0.15) is 0 Å². The first kappa shape index (κ1) is 11.0. The summed E-state index contributed by atoms with van der Waals surface area (Å²) in [6, 6.07) is 0. The summed E-state index contributed by atoms with van der Waals surface area (Å²) in [5, 5.41) is 3.61. The summed E-state index contributed by atoms with van der Waals surface area (Å²) in [5.41, 5.74) is 5.95. The second kappa shape index (κ2) is 4.43. The number of hydrogen-bond donors (Lipinski definition) is 2. The molecule has 0 bridgehead atoms. The van der Waals surface area contributed by atoms with Crippen molar-refractivity contribution in [2.45, 2.75) is 45.6 Å². The highest BCUT2D eigenvalue weighted by Gasteiger charge is 2.33. The third-order valence-corrected chi connectivity index (χ3v) is 3.32. The first-order valence-corrected chi connectivity index (χ1v) is 5.56. The molecule has 3 atom stereocenters. The van der Waals surface area contributed by atoms with Gasteiger partial charge in [0.05, 0.1) is 0 Å². The van der Waals surface area contributed by atoms with E-state index in [-0.39, 0.29) is 5.54 Å². The third-order valence-electron chi connectivity index (χ3n) is 3.32. The Hall–Kier alpha value is -0.0800. The smallest absolute Gasteiger partial charge is 0.0275 e. The molecule has 1 aliphatic carbocycles. The molecule has 0 heterocycles. The quantitative estimate of drug-likeness (QED) is 0.660. The van der Waals surface area contributed by atoms with Gasteiger partial charge in [-0.2, -0.15) is 0 Å². The Morgan fingerprint density at radius 3 is 2.54 bits per heavy atom. The van der Waals surface area contributed by atoms with Crippen LogP contribution in [0.2, 0.25) is 0 Å². The lowest BCUT2D eigenvalue weighted by atomic mass is 9.96. The van der Waals surface area contributed by atoms with Gasteiger partial charge in [0.2, 0.25) is 0 Å². The Kier molecular flexibility index (Phi) is 3.74. The molecule has 1 saturated carbocycles. The summed E-state index contributed by atoms with van der Waals surface area (Å²) >= 11 is 0. The van der Waals surface area contributed by atoms with Gasteiger partial charge >= 0.3 is 0 Å². The van der Waals surface area contributed by atoms with Gasteiger partial charge in [-0.1, -0.05) is 20.3 Å². The van der Waals surface area contributed by atoms with Crippen LogP contribution in [0, 0.1) is 11.8 Å². The molecular weight excluding hydrogens is 160 g/mol. The SMILES string of the molecule is CCCC(C)(CN)NCC1CC1C. The van der Waals surface area contributed by atoms with Crippen LogP contribution in [0.3, 0.4) is 0 Å². The van der Waals surface area contributed by atoms with E-state index >= 15 is 0 Å². The molecule has 0 aliphatic heterocycles. The van der Waals surface area contributed by atoms with E-state index < -0.39 is 0 Å². The van der Waals surface area contributed by atoms with Gasteiger partial charge in [0, 0.05) is 12.1 Å². The van der Waals surface area contributed by atoms with Crippen molar-refractivity contribution in [3.8, 4) is 0 Å². The summed E-state index contributed by atoms with van der Waals surface area (Å²) in [6.07, 6.45) is 3.80. The van der Waals surface area contributed by atoms with Crippen LogP contribution in [0.5, 0.6) is 0 Å². The minimum atomic E-state index is 0.178. The van der Waals surface area contributed by atoms with Crippen molar-refractivity contribution >= 4 is 0 Å². The van der Waals surface area contributed by atoms with E-state index in [1.54, 1.807) is 0 Å². The van der Waals surface area contributed by atoms with E-state index in [1.165, 1.54) is 19.3 Å². The van der Waals surface area contributed by atoms with Crippen molar-refractivity contribution in [2.24, 2.45) is 17.6 Å². The van der Waals surface area contributed by atoms with Crippen LogP contribution in [-0.2, 0) is 0 Å². The molecule has 1 rings (SSSR count). The van der Waals surface area contributed by atoms with Crippen LogP contribution in [0.15, 0.2) is 0 Å². The molecule has 3 N–H and O–H groups in total. The predicted molar refractivity (Wildman–Crippen MR) is 57.6 cm³/mol. The molecule has 2 heteroatoms. The van der Waals surface area contributed by atoms with Gasteiger partial charge in [-0.15, -0.1) is 0 Å². The second-order valence-electron chi connectivity index (χ2n) is 4.87. The topological polar surface area (TPSA) is 38.0 Å². The van der Waals surface area contributed by atoms with Crippen molar-refractivity contribution in [3.63, 3.8) is 0 Å². The molecule has 0 saturated heterocycles. The largest absolute Gasteiger partial charge is 0.329 e. The lowest BCUT2D eigenvalue weighted by Gasteiger charge is -2.29. The maximum atomic E-state index is 5.77. The highest BCUT2D eigenvalue weighted by atomic mass is 15.0. The van der Waals surface area contributed by atoms with E-state index in [2.05, 4.69) is 26.1 Å². The monoisotopic (exact) mass is 184 g/mol. The normalized spacial score (nSPS) is 31.4. The fourth-order valence-corrected chi connectivity index (χ4v) is 1.88. The molecule has 13 heavy (non-hydrogen) atoms. The molecule has 3 unspecified atom stereocenters. The van der Waals surface area contributed by atoms with Gasteiger partial charge in [-0.25, -0.2) is 0 Å². The zero-order valence-electron chi connectivity index (χ0n) is 9.27. The van der Waals surface area contributed by atoms with Crippen LogP contribution in [0.4, 0.5) is 0 Å². The average molecular weight is 184 g/mol. The molecule has 0 amide bonds. The summed E-state index contributed by atoms with van der Waals surface area (Å²) in [6.45, 7) is 8.70. The maximum Gasteiger partial charge on any atom is 0.0275 e. The Bertz CT molecular complexity index is 158. The van der Waals surface area contributed by atoms with E-state index in [4.69, 9.17) is 5.73 Å². The molecule has 0 aromatic rings. The van der Waals surface area contributed by atoms with E-state index in [9.17, 15) is 0 Å². The molecular formula is C11H24N2. The zero-order chi connectivity index (χ0) is 9.90. The Morgan fingerprint density at radius 1 is 1.54 bits per heavy atom.